The Morgan fingerprint density at radius 2 is 1.83 bits per heavy atom. The van der Waals surface area contributed by atoms with Crippen molar-refractivity contribution >= 4 is 5.95 Å². The van der Waals surface area contributed by atoms with Crippen LogP contribution < -0.4 is 10.1 Å². The normalized spacial score (nSPS) is 10.1. The average Bonchev–Trinajstić information content (AvgIpc) is 2.40. The van der Waals surface area contributed by atoms with Gasteiger partial charge in [-0.25, -0.2) is 4.98 Å². The summed E-state index contributed by atoms with van der Waals surface area (Å²) in [6, 6.07) is 9.69. The van der Waals surface area contributed by atoms with E-state index in [0.29, 0.717) is 19.1 Å². The van der Waals surface area contributed by atoms with E-state index in [-0.39, 0.29) is 0 Å². The number of aryl methyl sites for hydroxylation is 2. The summed E-state index contributed by atoms with van der Waals surface area (Å²) >= 11 is 0. The number of hydrogen-bond donors (Lipinski definition) is 1. The van der Waals surface area contributed by atoms with Gasteiger partial charge in [0.1, 0.15) is 12.4 Å². The molecule has 1 aromatic carbocycles. The number of benzene rings is 1. The molecular weight excluding hydrogens is 228 g/mol. The van der Waals surface area contributed by atoms with Crippen molar-refractivity contribution in [3.8, 4) is 5.75 Å². The van der Waals surface area contributed by atoms with Crippen LogP contribution in [0.3, 0.4) is 0 Å². The van der Waals surface area contributed by atoms with Gasteiger partial charge < -0.3 is 10.1 Å². The van der Waals surface area contributed by atoms with E-state index in [1.807, 2.05) is 44.2 Å². The molecule has 0 saturated carbocycles. The van der Waals surface area contributed by atoms with E-state index >= 15 is 0 Å². The summed E-state index contributed by atoms with van der Waals surface area (Å²) in [5.74, 6) is 1.40. The highest BCUT2D eigenvalue weighted by molar-refractivity contribution is 5.25. The number of ether oxygens (including phenoxy) is 1. The molecule has 0 spiro atoms. The number of anilines is 1. The lowest BCUT2D eigenvalue weighted by atomic mass is 10.3. The fourth-order valence-electron chi connectivity index (χ4n) is 1.38. The third-order valence-electron chi connectivity index (χ3n) is 2.49. The fraction of sp³-hybridized carbons (Fsp3) is 0.308. The molecule has 0 aliphatic carbocycles. The van der Waals surface area contributed by atoms with Crippen molar-refractivity contribution in [3.05, 3.63) is 41.7 Å². The molecule has 0 unspecified atom stereocenters. The average molecular weight is 244 g/mol. The maximum absolute atomic E-state index is 5.54. The summed E-state index contributed by atoms with van der Waals surface area (Å²) in [5, 5.41) is 11.0. The Balaban J connectivity index is 1.77. The van der Waals surface area contributed by atoms with Crippen LogP contribution in [0.1, 0.15) is 11.4 Å². The van der Waals surface area contributed by atoms with E-state index < -0.39 is 0 Å². The molecule has 2 rings (SSSR count). The molecule has 0 aliphatic rings. The minimum Gasteiger partial charge on any atom is -0.492 e. The monoisotopic (exact) mass is 244 g/mol. The van der Waals surface area contributed by atoms with E-state index in [0.717, 1.165) is 17.1 Å². The second-order valence-corrected chi connectivity index (χ2v) is 3.89. The summed E-state index contributed by atoms with van der Waals surface area (Å²) in [7, 11) is 0. The highest BCUT2D eigenvalue weighted by Crippen LogP contribution is 2.07. The minimum absolute atomic E-state index is 0.537. The Morgan fingerprint density at radius 1 is 1.06 bits per heavy atom. The van der Waals surface area contributed by atoms with Crippen molar-refractivity contribution in [2.24, 2.45) is 0 Å². The molecule has 1 N–H and O–H groups in total. The first kappa shape index (κ1) is 12.3. The second-order valence-electron chi connectivity index (χ2n) is 3.89. The number of nitrogens with zero attached hydrogens (tertiary/aromatic N) is 3. The van der Waals surface area contributed by atoms with E-state index in [4.69, 9.17) is 4.74 Å². The lowest BCUT2D eigenvalue weighted by Gasteiger charge is -2.07. The van der Waals surface area contributed by atoms with Crippen LogP contribution in [0.25, 0.3) is 0 Å². The van der Waals surface area contributed by atoms with Gasteiger partial charge in [0.2, 0.25) is 5.95 Å². The molecule has 0 bridgehead atoms. The summed E-state index contributed by atoms with van der Waals surface area (Å²) in [6.45, 7) is 4.99. The molecule has 0 fully saturated rings. The number of aromatic nitrogens is 3. The van der Waals surface area contributed by atoms with Crippen LogP contribution in [0.5, 0.6) is 5.75 Å². The number of para-hydroxylation sites is 1. The molecular formula is C13H16N4O. The molecule has 0 saturated heterocycles. The predicted octanol–water partition coefficient (Wildman–Crippen LogP) is 1.98. The van der Waals surface area contributed by atoms with E-state index in [1.54, 1.807) is 0 Å². The predicted molar refractivity (Wildman–Crippen MR) is 69.7 cm³/mol. The zero-order valence-electron chi connectivity index (χ0n) is 10.6. The molecule has 0 amide bonds. The molecule has 1 heterocycles. The molecule has 2 aromatic rings. The first-order chi connectivity index (χ1) is 8.75. The van der Waals surface area contributed by atoms with Crippen LogP contribution in [0.4, 0.5) is 5.95 Å². The highest BCUT2D eigenvalue weighted by Gasteiger charge is 2.00. The number of rotatable bonds is 5. The second kappa shape index (κ2) is 5.95. The van der Waals surface area contributed by atoms with Crippen LogP contribution >= 0.6 is 0 Å². The standard InChI is InChI=1S/C13H16N4O/c1-10-11(2)16-17-13(15-10)14-8-9-18-12-6-4-3-5-7-12/h3-7H,8-9H2,1-2H3,(H,14,15,17). The minimum atomic E-state index is 0.537. The fourth-order valence-corrected chi connectivity index (χ4v) is 1.38. The first-order valence-corrected chi connectivity index (χ1v) is 5.85. The summed E-state index contributed by atoms with van der Waals surface area (Å²) in [5.41, 5.74) is 1.73. The van der Waals surface area contributed by atoms with Gasteiger partial charge in [-0.15, -0.1) is 5.10 Å². The zero-order chi connectivity index (χ0) is 12.8. The molecule has 0 atom stereocenters. The Bertz CT molecular complexity index is 502. The molecule has 18 heavy (non-hydrogen) atoms. The van der Waals surface area contributed by atoms with Crippen LogP contribution in [-0.2, 0) is 0 Å². The SMILES string of the molecule is Cc1nnc(NCCOc2ccccc2)nc1C. The van der Waals surface area contributed by atoms with Crippen molar-refractivity contribution in [2.75, 3.05) is 18.5 Å². The Labute approximate surface area is 106 Å². The molecule has 94 valence electrons. The maximum atomic E-state index is 5.54. The van der Waals surface area contributed by atoms with E-state index in [1.165, 1.54) is 0 Å². The third kappa shape index (κ3) is 3.41. The lowest BCUT2D eigenvalue weighted by molar-refractivity contribution is 0.332. The number of hydrogen-bond acceptors (Lipinski definition) is 5. The molecule has 5 nitrogen and oxygen atoms in total. The van der Waals surface area contributed by atoms with Gasteiger partial charge in [-0.2, -0.15) is 5.10 Å². The van der Waals surface area contributed by atoms with Crippen LogP contribution in [0.15, 0.2) is 30.3 Å². The Morgan fingerprint density at radius 3 is 2.56 bits per heavy atom. The van der Waals surface area contributed by atoms with Gasteiger partial charge in [0.05, 0.1) is 17.9 Å². The first-order valence-electron chi connectivity index (χ1n) is 5.85. The van der Waals surface area contributed by atoms with Crippen LogP contribution in [-0.4, -0.2) is 28.3 Å². The van der Waals surface area contributed by atoms with Crippen molar-refractivity contribution in [1.29, 1.82) is 0 Å². The van der Waals surface area contributed by atoms with Gasteiger partial charge in [-0.05, 0) is 26.0 Å². The van der Waals surface area contributed by atoms with Crippen LogP contribution in [0.2, 0.25) is 0 Å². The van der Waals surface area contributed by atoms with E-state index in [9.17, 15) is 0 Å². The van der Waals surface area contributed by atoms with Gasteiger partial charge in [-0.1, -0.05) is 18.2 Å². The van der Waals surface area contributed by atoms with Crippen molar-refractivity contribution < 1.29 is 4.74 Å². The van der Waals surface area contributed by atoms with Crippen molar-refractivity contribution in [3.63, 3.8) is 0 Å². The third-order valence-corrected chi connectivity index (χ3v) is 2.49. The molecule has 1 aromatic heterocycles. The highest BCUT2D eigenvalue weighted by atomic mass is 16.5. The smallest absolute Gasteiger partial charge is 0.243 e. The van der Waals surface area contributed by atoms with Gasteiger partial charge in [-0.3, -0.25) is 0 Å². The van der Waals surface area contributed by atoms with Crippen LogP contribution in [0, 0.1) is 13.8 Å². The van der Waals surface area contributed by atoms with E-state index in [2.05, 4.69) is 20.5 Å². The maximum Gasteiger partial charge on any atom is 0.243 e. The van der Waals surface area contributed by atoms with Gasteiger partial charge in [0, 0.05) is 0 Å². The Hall–Kier alpha value is -2.17. The summed E-state index contributed by atoms with van der Waals surface area (Å²) < 4.78 is 5.54. The molecule has 5 heteroatoms. The largest absolute Gasteiger partial charge is 0.492 e. The van der Waals surface area contributed by atoms with Crippen molar-refractivity contribution in [2.45, 2.75) is 13.8 Å². The quantitative estimate of drug-likeness (QED) is 0.815. The summed E-state index contributed by atoms with van der Waals surface area (Å²) in [6.07, 6.45) is 0. The van der Waals surface area contributed by atoms with Gasteiger partial charge in [0.15, 0.2) is 0 Å². The summed E-state index contributed by atoms with van der Waals surface area (Å²) in [4.78, 5) is 4.28. The van der Waals surface area contributed by atoms with Crippen molar-refractivity contribution in [1.82, 2.24) is 15.2 Å². The molecule has 0 radical (unpaired) electrons. The topological polar surface area (TPSA) is 59.9 Å². The van der Waals surface area contributed by atoms with Gasteiger partial charge in [0.25, 0.3) is 0 Å². The zero-order valence-corrected chi connectivity index (χ0v) is 10.6. The van der Waals surface area contributed by atoms with Gasteiger partial charge >= 0.3 is 0 Å². The molecule has 0 aliphatic heterocycles. The Kier molecular flexibility index (Phi) is 4.06. The lowest BCUT2D eigenvalue weighted by Crippen LogP contribution is -2.14. The number of nitrogens with one attached hydrogen (secondary N) is 1.